The van der Waals surface area contributed by atoms with Gasteiger partial charge in [0.15, 0.2) is 5.96 Å². The lowest BCUT2D eigenvalue weighted by atomic mass is 10.2. The summed E-state index contributed by atoms with van der Waals surface area (Å²) >= 11 is 6.26. The SMILES string of the molecule is CN(C)CCOc1cc(Cl)c2cc(C(=O)N(C)C(=N)N)[nH]c2c1.Cl.Cl. The topological polar surface area (TPSA) is 98.4 Å². The van der Waals surface area contributed by atoms with E-state index < -0.39 is 5.91 Å². The molecule has 0 aliphatic heterocycles. The van der Waals surface area contributed by atoms with Crippen LogP contribution < -0.4 is 10.5 Å². The molecule has 0 saturated heterocycles. The highest BCUT2D eigenvalue weighted by atomic mass is 35.5. The van der Waals surface area contributed by atoms with Crippen molar-refractivity contribution >= 4 is 59.2 Å². The molecule has 0 aliphatic carbocycles. The van der Waals surface area contributed by atoms with Crippen LogP contribution in [-0.2, 0) is 0 Å². The molecule has 2 aromatic rings. The Labute approximate surface area is 163 Å². The number of hydrogen-bond donors (Lipinski definition) is 3. The molecular formula is C15H22Cl3N5O2. The van der Waals surface area contributed by atoms with Crippen molar-refractivity contribution in [2.75, 3.05) is 34.3 Å². The van der Waals surface area contributed by atoms with Crippen LogP contribution in [0.5, 0.6) is 5.75 Å². The number of fused-ring (bicyclic) bond motifs is 1. The van der Waals surface area contributed by atoms with Crippen LogP contribution in [0.1, 0.15) is 10.5 Å². The minimum atomic E-state index is -0.403. The van der Waals surface area contributed by atoms with Gasteiger partial charge >= 0.3 is 0 Å². The molecule has 0 spiro atoms. The lowest BCUT2D eigenvalue weighted by Crippen LogP contribution is -2.38. The molecular weight excluding hydrogens is 389 g/mol. The summed E-state index contributed by atoms with van der Waals surface area (Å²) in [7, 11) is 5.37. The van der Waals surface area contributed by atoms with E-state index in [0.29, 0.717) is 34.0 Å². The fourth-order valence-corrected chi connectivity index (χ4v) is 2.27. The fraction of sp³-hybridized carbons (Fsp3) is 0.333. The van der Waals surface area contributed by atoms with Crippen molar-refractivity contribution in [1.29, 1.82) is 5.41 Å². The minimum absolute atomic E-state index is 0. The first kappa shape index (κ1) is 23.3. The van der Waals surface area contributed by atoms with Crippen LogP contribution in [0.3, 0.4) is 0 Å². The number of nitrogens with zero attached hydrogens (tertiary/aromatic N) is 2. The number of halogens is 3. The Balaban J connectivity index is 0.00000288. The number of carbonyl (C=O) groups excluding carboxylic acids is 1. The molecule has 0 atom stereocenters. The number of amides is 1. The number of carbonyl (C=O) groups is 1. The molecule has 1 aromatic carbocycles. The lowest BCUT2D eigenvalue weighted by molar-refractivity contribution is 0.0864. The molecule has 1 amide bonds. The van der Waals surface area contributed by atoms with Gasteiger partial charge in [-0.05, 0) is 26.2 Å². The summed E-state index contributed by atoms with van der Waals surface area (Å²) in [5.74, 6) is -0.0996. The molecule has 2 rings (SSSR count). The third-order valence-corrected chi connectivity index (χ3v) is 3.68. The maximum atomic E-state index is 12.2. The molecule has 10 heteroatoms. The maximum Gasteiger partial charge on any atom is 0.276 e. The van der Waals surface area contributed by atoms with Crippen molar-refractivity contribution < 1.29 is 9.53 Å². The Morgan fingerprint density at radius 1 is 1.28 bits per heavy atom. The number of likely N-dealkylation sites (N-methyl/N-ethyl adjacent to an activating group) is 1. The minimum Gasteiger partial charge on any atom is -0.492 e. The van der Waals surface area contributed by atoms with Gasteiger partial charge in [-0.1, -0.05) is 11.6 Å². The second-order valence-corrected chi connectivity index (χ2v) is 5.86. The van der Waals surface area contributed by atoms with E-state index in [1.807, 2.05) is 19.0 Å². The van der Waals surface area contributed by atoms with Gasteiger partial charge in [-0.2, -0.15) is 0 Å². The standard InChI is InChI=1S/C15H20ClN5O2.2ClH/c1-20(2)4-5-23-9-6-11(16)10-8-13(19-12(10)7-9)14(22)21(3)15(17)18;;/h6-8,19H,4-5H2,1-3H3,(H3,17,18);2*1H. The Kier molecular flexibility index (Phi) is 9.07. The molecule has 1 aromatic heterocycles. The summed E-state index contributed by atoms with van der Waals surface area (Å²) in [6.07, 6.45) is 0. The van der Waals surface area contributed by atoms with Crippen molar-refractivity contribution in [3.8, 4) is 5.75 Å². The Morgan fingerprint density at radius 2 is 1.92 bits per heavy atom. The molecule has 0 unspecified atom stereocenters. The fourth-order valence-electron chi connectivity index (χ4n) is 2.00. The molecule has 25 heavy (non-hydrogen) atoms. The number of hydrogen-bond acceptors (Lipinski definition) is 4. The van der Waals surface area contributed by atoms with Crippen LogP contribution in [0.15, 0.2) is 18.2 Å². The summed E-state index contributed by atoms with van der Waals surface area (Å²) in [5, 5.41) is 8.52. The number of H-pyrrole nitrogens is 1. The van der Waals surface area contributed by atoms with Crippen molar-refractivity contribution in [3.63, 3.8) is 0 Å². The maximum absolute atomic E-state index is 12.2. The number of guanidine groups is 1. The zero-order chi connectivity index (χ0) is 17.1. The first-order valence-corrected chi connectivity index (χ1v) is 7.39. The normalized spacial score (nSPS) is 10.1. The highest BCUT2D eigenvalue weighted by Crippen LogP contribution is 2.30. The molecule has 4 N–H and O–H groups in total. The van der Waals surface area contributed by atoms with E-state index in [9.17, 15) is 4.79 Å². The second-order valence-electron chi connectivity index (χ2n) is 5.45. The van der Waals surface area contributed by atoms with Gasteiger partial charge in [-0.25, -0.2) is 0 Å². The number of nitrogens with one attached hydrogen (secondary N) is 2. The first-order valence-electron chi connectivity index (χ1n) is 7.01. The van der Waals surface area contributed by atoms with Crippen LogP contribution in [0, 0.1) is 5.41 Å². The quantitative estimate of drug-likeness (QED) is 0.521. The summed E-state index contributed by atoms with van der Waals surface area (Å²) in [4.78, 5) is 18.3. The summed E-state index contributed by atoms with van der Waals surface area (Å²) in [5.41, 5.74) is 6.33. The van der Waals surface area contributed by atoms with Crippen molar-refractivity contribution in [2.45, 2.75) is 0 Å². The van der Waals surface area contributed by atoms with Gasteiger partial charge in [0.1, 0.15) is 18.1 Å². The molecule has 140 valence electrons. The lowest BCUT2D eigenvalue weighted by Gasteiger charge is -2.12. The van der Waals surface area contributed by atoms with E-state index in [0.717, 1.165) is 11.4 Å². The number of ether oxygens (including phenoxy) is 1. The van der Waals surface area contributed by atoms with Gasteiger partial charge in [-0.15, -0.1) is 24.8 Å². The monoisotopic (exact) mass is 409 g/mol. The molecule has 0 fully saturated rings. The van der Waals surface area contributed by atoms with E-state index >= 15 is 0 Å². The molecule has 0 bridgehead atoms. The average Bonchev–Trinajstić information content (AvgIpc) is 2.89. The predicted molar refractivity (Wildman–Crippen MR) is 106 cm³/mol. The van der Waals surface area contributed by atoms with E-state index in [2.05, 4.69) is 4.98 Å². The summed E-state index contributed by atoms with van der Waals surface area (Å²) in [6.45, 7) is 1.32. The highest BCUT2D eigenvalue weighted by molar-refractivity contribution is 6.35. The zero-order valence-corrected chi connectivity index (χ0v) is 16.5. The van der Waals surface area contributed by atoms with Crippen LogP contribution >= 0.6 is 36.4 Å². The largest absolute Gasteiger partial charge is 0.492 e. The molecule has 0 saturated carbocycles. The average molecular weight is 411 g/mol. The highest BCUT2D eigenvalue weighted by Gasteiger charge is 2.17. The number of benzene rings is 1. The zero-order valence-electron chi connectivity index (χ0n) is 14.1. The van der Waals surface area contributed by atoms with Crippen LogP contribution in [0.25, 0.3) is 10.9 Å². The Morgan fingerprint density at radius 3 is 2.48 bits per heavy atom. The number of nitrogens with two attached hydrogens (primary N) is 1. The van der Waals surface area contributed by atoms with Crippen LogP contribution in [0.2, 0.25) is 5.02 Å². The van der Waals surface area contributed by atoms with E-state index in [1.54, 1.807) is 18.2 Å². The third kappa shape index (κ3) is 5.67. The molecule has 1 heterocycles. The van der Waals surface area contributed by atoms with Gasteiger partial charge in [0.2, 0.25) is 0 Å². The Hall–Kier alpha value is -1.67. The third-order valence-electron chi connectivity index (χ3n) is 3.36. The van der Waals surface area contributed by atoms with Gasteiger partial charge in [-0.3, -0.25) is 15.1 Å². The summed E-state index contributed by atoms with van der Waals surface area (Å²) in [6, 6.07) is 5.15. The van der Waals surface area contributed by atoms with Crippen molar-refractivity contribution in [2.24, 2.45) is 5.73 Å². The van der Waals surface area contributed by atoms with Crippen molar-refractivity contribution in [3.05, 3.63) is 28.9 Å². The van der Waals surface area contributed by atoms with Gasteiger partial charge < -0.3 is 20.4 Å². The number of aromatic amines is 1. The second kappa shape index (κ2) is 9.72. The van der Waals surface area contributed by atoms with Crippen LogP contribution in [-0.4, -0.2) is 60.9 Å². The number of rotatable bonds is 5. The predicted octanol–water partition coefficient (Wildman–Crippen LogP) is 2.57. The van der Waals surface area contributed by atoms with Crippen LogP contribution in [0.4, 0.5) is 0 Å². The molecule has 0 aliphatic rings. The van der Waals surface area contributed by atoms with Crippen molar-refractivity contribution in [1.82, 2.24) is 14.8 Å². The van der Waals surface area contributed by atoms with E-state index in [4.69, 9.17) is 27.5 Å². The van der Waals surface area contributed by atoms with Gasteiger partial charge in [0.25, 0.3) is 5.91 Å². The van der Waals surface area contributed by atoms with Gasteiger partial charge in [0.05, 0.1) is 10.5 Å². The van der Waals surface area contributed by atoms with E-state index in [-0.39, 0.29) is 30.8 Å². The number of aromatic nitrogens is 1. The molecule has 7 nitrogen and oxygen atoms in total. The smallest absolute Gasteiger partial charge is 0.276 e. The Bertz CT molecular complexity index is 748. The molecule has 0 radical (unpaired) electrons. The van der Waals surface area contributed by atoms with E-state index in [1.165, 1.54) is 7.05 Å². The first-order chi connectivity index (χ1) is 10.8. The summed E-state index contributed by atoms with van der Waals surface area (Å²) < 4.78 is 5.67. The van der Waals surface area contributed by atoms with Gasteiger partial charge in [0, 0.05) is 25.0 Å².